The van der Waals surface area contributed by atoms with Gasteiger partial charge in [-0.1, -0.05) is 50.3 Å². The van der Waals surface area contributed by atoms with Gasteiger partial charge >= 0.3 is 0 Å². The Bertz CT molecular complexity index is 377. The average molecular weight is 202 g/mol. The van der Waals surface area contributed by atoms with E-state index < -0.39 is 0 Å². The Morgan fingerprint density at radius 2 is 2.00 bits per heavy atom. The number of hydrogen-bond donors (Lipinski definition) is 1. The van der Waals surface area contributed by atoms with Crippen LogP contribution in [0.3, 0.4) is 0 Å². The maximum Gasteiger partial charge on any atom is 0.0796 e. The minimum absolute atomic E-state index is 0.189. The lowest BCUT2D eigenvalue weighted by Crippen LogP contribution is -2.12. The summed E-state index contributed by atoms with van der Waals surface area (Å²) < 4.78 is 0. The largest absolute Gasteiger partial charge is 0.388 e. The SMILES string of the molecule is CC1(C)/C=C/c2ccccc2C(O)CC1. The van der Waals surface area contributed by atoms with Crippen molar-refractivity contribution in [3.63, 3.8) is 0 Å². The van der Waals surface area contributed by atoms with Gasteiger partial charge in [0.25, 0.3) is 0 Å². The molecule has 0 saturated carbocycles. The number of rotatable bonds is 0. The standard InChI is InChI=1S/C14H18O/c1-14(2)9-7-11-5-3-4-6-12(11)13(15)8-10-14/h3-7,9,13,15H,8,10H2,1-2H3/b9-7+. The van der Waals surface area contributed by atoms with E-state index in [-0.39, 0.29) is 11.5 Å². The Hall–Kier alpha value is -1.08. The van der Waals surface area contributed by atoms with Crippen molar-refractivity contribution in [3.05, 3.63) is 41.5 Å². The van der Waals surface area contributed by atoms with Gasteiger partial charge in [-0.2, -0.15) is 0 Å². The number of hydrogen-bond acceptors (Lipinski definition) is 1. The Labute approximate surface area is 91.4 Å². The molecular formula is C14H18O. The Morgan fingerprint density at radius 3 is 2.80 bits per heavy atom. The van der Waals surface area contributed by atoms with Crippen molar-refractivity contribution in [1.29, 1.82) is 0 Å². The van der Waals surface area contributed by atoms with Crippen molar-refractivity contribution in [1.82, 2.24) is 0 Å². The smallest absolute Gasteiger partial charge is 0.0796 e. The molecule has 0 amide bonds. The zero-order valence-corrected chi connectivity index (χ0v) is 9.40. The molecule has 0 aromatic heterocycles. The summed E-state index contributed by atoms with van der Waals surface area (Å²) in [6, 6.07) is 8.09. The summed E-state index contributed by atoms with van der Waals surface area (Å²) in [7, 11) is 0. The van der Waals surface area contributed by atoms with Crippen LogP contribution in [0.1, 0.15) is 43.9 Å². The molecule has 1 N–H and O–H groups in total. The molecule has 0 spiro atoms. The molecule has 1 aliphatic carbocycles. The second-order valence-electron chi connectivity index (χ2n) is 5.01. The average Bonchev–Trinajstić information content (AvgIpc) is 2.22. The molecular weight excluding hydrogens is 184 g/mol. The molecule has 0 aliphatic heterocycles. The van der Waals surface area contributed by atoms with Gasteiger partial charge < -0.3 is 5.11 Å². The summed E-state index contributed by atoms with van der Waals surface area (Å²) >= 11 is 0. The van der Waals surface area contributed by atoms with Gasteiger partial charge in [-0.3, -0.25) is 0 Å². The molecule has 1 aromatic rings. The third kappa shape index (κ3) is 2.29. The Balaban J connectivity index is 2.44. The summed E-state index contributed by atoms with van der Waals surface area (Å²) in [6.45, 7) is 4.42. The highest BCUT2D eigenvalue weighted by Crippen LogP contribution is 2.34. The number of fused-ring (bicyclic) bond motifs is 1. The van der Waals surface area contributed by atoms with Crippen LogP contribution in [0.4, 0.5) is 0 Å². The molecule has 2 rings (SSSR count). The summed E-state index contributed by atoms with van der Waals surface area (Å²) in [4.78, 5) is 0. The lowest BCUT2D eigenvalue weighted by molar-refractivity contribution is 0.151. The van der Waals surface area contributed by atoms with Crippen molar-refractivity contribution in [2.24, 2.45) is 5.41 Å². The predicted molar refractivity (Wildman–Crippen MR) is 63.5 cm³/mol. The molecule has 0 radical (unpaired) electrons. The van der Waals surface area contributed by atoms with Gasteiger partial charge in [0.2, 0.25) is 0 Å². The van der Waals surface area contributed by atoms with E-state index >= 15 is 0 Å². The quantitative estimate of drug-likeness (QED) is 0.682. The van der Waals surface area contributed by atoms with E-state index in [2.05, 4.69) is 32.1 Å². The van der Waals surface area contributed by atoms with Gasteiger partial charge in [-0.15, -0.1) is 0 Å². The zero-order chi connectivity index (χ0) is 10.9. The Kier molecular flexibility index (Phi) is 2.66. The second kappa shape index (κ2) is 3.82. The first kappa shape index (κ1) is 10.4. The summed E-state index contributed by atoms with van der Waals surface area (Å²) in [6.07, 6.45) is 5.94. The van der Waals surface area contributed by atoms with Crippen LogP contribution in [0.15, 0.2) is 30.3 Å². The maximum absolute atomic E-state index is 10.1. The molecule has 15 heavy (non-hydrogen) atoms. The Morgan fingerprint density at radius 1 is 1.27 bits per heavy atom. The predicted octanol–water partition coefficient (Wildman–Crippen LogP) is 3.55. The molecule has 1 aromatic carbocycles. The molecule has 0 saturated heterocycles. The summed E-state index contributed by atoms with van der Waals surface area (Å²) in [5, 5.41) is 10.1. The topological polar surface area (TPSA) is 20.2 Å². The van der Waals surface area contributed by atoms with Crippen molar-refractivity contribution >= 4 is 6.08 Å². The fourth-order valence-electron chi connectivity index (χ4n) is 2.03. The first-order valence-corrected chi connectivity index (χ1v) is 5.55. The number of allylic oxidation sites excluding steroid dienone is 1. The monoisotopic (exact) mass is 202 g/mol. The maximum atomic E-state index is 10.1. The first-order valence-electron chi connectivity index (χ1n) is 5.55. The fraction of sp³-hybridized carbons (Fsp3) is 0.429. The molecule has 0 heterocycles. The van der Waals surface area contributed by atoms with E-state index in [0.717, 1.165) is 24.0 Å². The number of aliphatic hydroxyl groups is 1. The van der Waals surface area contributed by atoms with E-state index in [1.165, 1.54) is 0 Å². The van der Waals surface area contributed by atoms with Crippen LogP contribution in [0.2, 0.25) is 0 Å². The van der Waals surface area contributed by atoms with Crippen LogP contribution in [0.25, 0.3) is 6.08 Å². The minimum atomic E-state index is -0.314. The van der Waals surface area contributed by atoms with Crippen LogP contribution in [0.5, 0.6) is 0 Å². The fourth-order valence-corrected chi connectivity index (χ4v) is 2.03. The molecule has 1 unspecified atom stereocenters. The van der Waals surface area contributed by atoms with Gasteiger partial charge in [-0.25, -0.2) is 0 Å². The minimum Gasteiger partial charge on any atom is -0.388 e. The highest BCUT2D eigenvalue weighted by molar-refractivity contribution is 5.55. The van der Waals surface area contributed by atoms with Crippen molar-refractivity contribution in [2.75, 3.05) is 0 Å². The van der Waals surface area contributed by atoms with Gasteiger partial charge in [0, 0.05) is 0 Å². The molecule has 1 heteroatoms. The van der Waals surface area contributed by atoms with E-state index in [9.17, 15) is 5.11 Å². The zero-order valence-electron chi connectivity index (χ0n) is 9.40. The van der Waals surface area contributed by atoms with E-state index in [0.29, 0.717) is 0 Å². The molecule has 1 nitrogen and oxygen atoms in total. The summed E-state index contributed by atoms with van der Waals surface area (Å²) in [5.74, 6) is 0. The van der Waals surface area contributed by atoms with Gasteiger partial charge in [0.15, 0.2) is 0 Å². The van der Waals surface area contributed by atoms with Crippen LogP contribution < -0.4 is 0 Å². The third-order valence-corrected chi connectivity index (χ3v) is 3.13. The molecule has 80 valence electrons. The van der Waals surface area contributed by atoms with Gasteiger partial charge in [0.1, 0.15) is 0 Å². The molecule has 1 aliphatic rings. The van der Waals surface area contributed by atoms with Gasteiger partial charge in [0.05, 0.1) is 6.10 Å². The van der Waals surface area contributed by atoms with E-state index in [1.807, 2.05) is 18.2 Å². The van der Waals surface area contributed by atoms with Crippen LogP contribution >= 0.6 is 0 Å². The lowest BCUT2D eigenvalue weighted by Gasteiger charge is -2.25. The van der Waals surface area contributed by atoms with Gasteiger partial charge in [-0.05, 0) is 29.4 Å². The van der Waals surface area contributed by atoms with E-state index in [4.69, 9.17) is 0 Å². The first-order chi connectivity index (χ1) is 7.08. The molecule has 0 fully saturated rings. The van der Waals surface area contributed by atoms with E-state index in [1.54, 1.807) is 0 Å². The van der Waals surface area contributed by atoms with Crippen molar-refractivity contribution in [3.8, 4) is 0 Å². The highest BCUT2D eigenvalue weighted by Gasteiger charge is 2.20. The van der Waals surface area contributed by atoms with Crippen molar-refractivity contribution in [2.45, 2.75) is 32.8 Å². The molecule has 0 bridgehead atoms. The normalized spacial score (nSPS) is 26.2. The molecule has 1 atom stereocenters. The lowest BCUT2D eigenvalue weighted by atomic mass is 9.82. The summed E-state index contributed by atoms with van der Waals surface area (Å²) in [5.41, 5.74) is 2.40. The van der Waals surface area contributed by atoms with Crippen LogP contribution in [-0.4, -0.2) is 5.11 Å². The third-order valence-electron chi connectivity index (χ3n) is 3.13. The second-order valence-corrected chi connectivity index (χ2v) is 5.01. The number of aliphatic hydroxyl groups excluding tert-OH is 1. The highest BCUT2D eigenvalue weighted by atomic mass is 16.3. The van der Waals surface area contributed by atoms with Crippen LogP contribution in [-0.2, 0) is 0 Å². The van der Waals surface area contributed by atoms with Crippen molar-refractivity contribution < 1.29 is 5.11 Å². The van der Waals surface area contributed by atoms with Crippen LogP contribution in [0, 0.1) is 5.41 Å². The number of benzene rings is 1.